The lowest BCUT2D eigenvalue weighted by atomic mass is 10.0. The van der Waals surface area contributed by atoms with Gasteiger partial charge in [-0.3, -0.25) is 4.79 Å². The maximum atomic E-state index is 10.9. The first-order valence-corrected chi connectivity index (χ1v) is 7.21. The minimum atomic E-state index is -0.219. The average molecular weight is 280 g/mol. The molecule has 0 bridgehead atoms. The zero-order valence-corrected chi connectivity index (χ0v) is 11.5. The third-order valence-corrected chi connectivity index (χ3v) is 4.24. The number of hydrogen-bond acceptors (Lipinski definition) is 3. The summed E-state index contributed by atoms with van der Waals surface area (Å²) in [6.07, 6.45) is 16.3. The van der Waals surface area contributed by atoms with Gasteiger partial charge in [0.2, 0.25) is 6.41 Å². The molecule has 3 aliphatic rings. The normalized spacial score (nSPS) is 32.5. The fourth-order valence-corrected chi connectivity index (χ4v) is 2.96. The molecule has 21 heavy (non-hydrogen) atoms. The zero-order chi connectivity index (χ0) is 14.2. The minimum absolute atomic E-state index is 0.00572. The number of aliphatic imine (C=N–C) groups is 1. The van der Waals surface area contributed by atoms with Crippen molar-refractivity contribution >= 4 is 18.4 Å². The van der Waals surface area contributed by atoms with Crippen molar-refractivity contribution in [2.24, 2.45) is 22.7 Å². The Labute approximate surface area is 122 Å². The summed E-state index contributed by atoms with van der Waals surface area (Å²) in [5, 5.41) is 7.06. The van der Waals surface area contributed by atoms with Gasteiger partial charge in [0.25, 0.3) is 0 Å². The van der Waals surface area contributed by atoms with Gasteiger partial charge < -0.3 is 5.32 Å². The molecule has 1 N–H and O–H groups in total. The number of carbonyl (C=O) groups excluding carboxylic acids is 1. The van der Waals surface area contributed by atoms with Gasteiger partial charge in [-0.25, -0.2) is 9.67 Å². The van der Waals surface area contributed by atoms with Crippen molar-refractivity contribution in [3.63, 3.8) is 0 Å². The summed E-state index contributed by atoms with van der Waals surface area (Å²) in [6, 6.07) is 1.83. The van der Waals surface area contributed by atoms with Crippen LogP contribution in [0.4, 0.5) is 5.82 Å². The number of fused-ring (bicyclic) bond motifs is 2. The Bertz CT molecular complexity index is 682. The van der Waals surface area contributed by atoms with Crippen LogP contribution in [0.15, 0.2) is 53.2 Å². The first kappa shape index (κ1) is 12.3. The van der Waals surface area contributed by atoms with Crippen molar-refractivity contribution < 1.29 is 4.79 Å². The highest BCUT2D eigenvalue weighted by atomic mass is 16.1. The summed E-state index contributed by atoms with van der Waals surface area (Å²) in [5.74, 6) is 2.26. The van der Waals surface area contributed by atoms with Gasteiger partial charge in [-0.15, -0.1) is 0 Å². The van der Waals surface area contributed by atoms with Crippen LogP contribution in [0.1, 0.15) is 12.6 Å². The predicted octanol–water partition coefficient (Wildman–Crippen LogP) is 2.15. The molecule has 4 atom stereocenters. The Morgan fingerprint density at radius 3 is 3.19 bits per heavy atom. The van der Waals surface area contributed by atoms with Crippen LogP contribution < -0.4 is 5.32 Å². The summed E-state index contributed by atoms with van der Waals surface area (Å²) in [6.45, 7) is 0. The molecule has 1 amide bonds. The van der Waals surface area contributed by atoms with Crippen LogP contribution in [0, 0.1) is 17.8 Å². The summed E-state index contributed by atoms with van der Waals surface area (Å²) < 4.78 is 1.74. The fraction of sp³-hybridized carbons (Fsp3) is 0.312. The number of aromatic nitrogens is 2. The van der Waals surface area contributed by atoms with Gasteiger partial charge in [0.15, 0.2) is 5.82 Å². The maximum Gasteiger partial charge on any atom is 0.208 e. The van der Waals surface area contributed by atoms with E-state index in [0.29, 0.717) is 6.41 Å². The Balaban J connectivity index is 1.56. The van der Waals surface area contributed by atoms with Crippen molar-refractivity contribution in [2.45, 2.75) is 12.6 Å². The van der Waals surface area contributed by atoms with E-state index in [-0.39, 0.29) is 12.1 Å². The van der Waals surface area contributed by atoms with Gasteiger partial charge in [-0.05, 0) is 23.8 Å². The number of hydrogen-bond donors (Lipinski definition) is 1. The largest absolute Gasteiger partial charge is 0.336 e. The first-order valence-electron chi connectivity index (χ1n) is 7.21. The van der Waals surface area contributed by atoms with Crippen molar-refractivity contribution in [1.29, 1.82) is 0 Å². The summed E-state index contributed by atoms with van der Waals surface area (Å²) >= 11 is 0. The third-order valence-electron chi connectivity index (χ3n) is 4.24. The predicted molar refractivity (Wildman–Crippen MR) is 80.1 cm³/mol. The molecule has 1 saturated carbocycles. The van der Waals surface area contributed by atoms with Crippen molar-refractivity contribution in [3.05, 3.63) is 48.2 Å². The first-order chi connectivity index (χ1) is 10.3. The van der Waals surface area contributed by atoms with Crippen LogP contribution in [0.25, 0.3) is 0 Å². The smallest absolute Gasteiger partial charge is 0.208 e. The molecule has 0 aromatic carbocycles. The molecule has 5 heteroatoms. The topological polar surface area (TPSA) is 59.3 Å². The number of allylic oxidation sites excluding steroid dienone is 5. The van der Waals surface area contributed by atoms with E-state index >= 15 is 0 Å². The molecule has 1 aromatic rings. The molecule has 4 unspecified atom stereocenters. The van der Waals surface area contributed by atoms with Gasteiger partial charge in [0, 0.05) is 12.3 Å². The zero-order valence-electron chi connectivity index (χ0n) is 11.5. The van der Waals surface area contributed by atoms with Crippen LogP contribution in [-0.4, -0.2) is 22.4 Å². The quantitative estimate of drug-likeness (QED) is 0.859. The van der Waals surface area contributed by atoms with E-state index < -0.39 is 0 Å². The van der Waals surface area contributed by atoms with Crippen LogP contribution in [0.5, 0.6) is 0 Å². The van der Waals surface area contributed by atoms with E-state index in [1.807, 2.05) is 12.3 Å². The van der Waals surface area contributed by atoms with Gasteiger partial charge in [-0.2, -0.15) is 5.10 Å². The highest BCUT2D eigenvalue weighted by Crippen LogP contribution is 2.44. The number of carbonyl (C=O) groups is 1. The maximum absolute atomic E-state index is 10.9. The molecule has 1 aliphatic heterocycles. The lowest BCUT2D eigenvalue weighted by Gasteiger charge is -2.25. The SMILES string of the molecule is O=CNC1C(/C=C/C2=CC3CC3C=C2)C=Nc2ccnn21. The molecular weight excluding hydrogens is 264 g/mol. The Kier molecular flexibility index (Phi) is 2.84. The van der Waals surface area contributed by atoms with Crippen molar-refractivity contribution in [2.75, 3.05) is 0 Å². The minimum Gasteiger partial charge on any atom is -0.336 e. The lowest BCUT2D eigenvalue weighted by Crippen LogP contribution is -2.34. The second kappa shape index (κ2) is 4.84. The fourth-order valence-electron chi connectivity index (χ4n) is 2.96. The van der Waals surface area contributed by atoms with Gasteiger partial charge in [-0.1, -0.05) is 30.4 Å². The highest BCUT2D eigenvalue weighted by molar-refractivity contribution is 5.70. The van der Waals surface area contributed by atoms with E-state index in [9.17, 15) is 4.79 Å². The Hall–Kier alpha value is -2.43. The number of amides is 1. The molecule has 5 nitrogen and oxygen atoms in total. The average Bonchev–Trinajstić information content (AvgIpc) is 3.11. The molecule has 0 spiro atoms. The van der Waals surface area contributed by atoms with Gasteiger partial charge >= 0.3 is 0 Å². The number of rotatable bonds is 4. The van der Waals surface area contributed by atoms with E-state index in [1.165, 1.54) is 12.0 Å². The van der Waals surface area contributed by atoms with Crippen molar-refractivity contribution in [3.8, 4) is 0 Å². The summed E-state index contributed by atoms with van der Waals surface area (Å²) in [7, 11) is 0. The van der Waals surface area contributed by atoms with Gasteiger partial charge in [0.1, 0.15) is 6.17 Å². The number of nitrogens with zero attached hydrogens (tertiary/aromatic N) is 3. The Morgan fingerprint density at radius 1 is 1.38 bits per heavy atom. The Morgan fingerprint density at radius 2 is 2.33 bits per heavy atom. The number of nitrogens with one attached hydrogen (secondary N) is 1. The monoisotopic (exact) mass is 280 g/mol. The molecule has 1 fully saturated rings. The van der Waals surface area contributed by atoms with E-state index in [0.717, 1.165) is 17.7 Å². The second-order valence-electron chi connectivity index (χ2n) is 5.67. The standard InChI is InChI=1S/C16H16N4O/c21-10-18-16-13(9-17-15-5-6-19-20(15)16)4-2-11-1-3-12-8-14(12)7-11/h1-7,9-10,12-14,16H,8H2,(H,18,21)/b4-2+. The van der Waals surface area contributed by atoms with E-state index in [4.69, 9.17) is 0 Å². The molecule has 1 aromatic heterocycles. The summed E-state index contributed by atoms with van der Waals surface area (Å²) in [4.78, 5) is 15.2. The van der Waals surface area contributed by atoms with Crippen LogP contribution in [0.3, 0.4) is 0 Å². The second-order valence-corrected chi connectivity index (χ2v) is 5.67. The van der Waals surface area contributed by atoms with Crippen molar-refractivity contribution in [1.82, 2.24) is 15.1 Å². The molecular formula is C16H16N4O. The van der Waals surface area contributed by atoms with Gasteiger partial charge in [0.05, 0.1) is 12.1 Å². The molecule has 4 rings (SSSR count). The van der Waals surface area contributed by atoms with Crippen LogP contribution >= 0.6 is 0 Å². The summed E-state index contributed by atoms with van der Waals surface area (Å²) in [5.41, 5.74) is 1.23. The molecule has 2 aliphatic carbocycles. The van der Waals surface area contributed by atoms with Crippen LogP contribution in [0.2, 0.25) is 0 Å². The van der Waals surface area contributed by atoms with E-state index in [1.54, 1.807) is 10.9 Å². The van der Waals surface area contributed by atoms with E-state index in [2.05, 4.69) is 45.8 Å². The lowest BCUT2D eigenvalue weighted by molar-refractivity contribution is -0.110. The molecule has 0 saturated heterocycles. The molecule has 2 heterocycles. The van der Waals surface area contributed by atoms with Crippen LogP contribution in [-0.2, 0) is 4.79 Å². The third kappa shape index (κ3) is 2.24. The molecule has 0 radical (unpaired) electrons. The highest BCUT2D eigenvalue weighted by Gasteiger charge is 2.34. The molecule has 106 valence electrons.